The van der Waals surface area contributed by atoms with E-state index in [1.165, 1.54) is 5.56 Å². The molecule has 0 aliphatic rings. The molecule has 1 atom stereocenters. The van der Waals surface area contributed by atoms with E-state index in [1.807, 2.05) is 18.2 Å². The molecule has 0 saturated heterocycles. The van der Waals surface area contributed by atoms with E-state index in [1.54, 1.807) is 0 Å². The third-order valence-electron chi connectivity index (χ3n) is 3.97. The third-order valence-corrected chi connectivity index (χ3v) is 4.31. The van der Waals surface area contributed by atoms with Crippen molar-refractivity contribution in [1.29, 1.82) is 0 Å². The molecular weight excluding hydrogens is 256 g/mol. The highest BCUT2D eigenvalue weighted by Crippen LogP contribution is 2.25. The second kappa shape index (κ2) is 7.28. The van der Waals surface area contributed by atoms with Gasteiger partial charge >= 0.3 is 0 Å². The van der Waals surface area contributed by atoms with Gasteiger partial charge < -0.3 is 5.32 Å². The molecule has 3 heteroatoms. The van der Waals surface area contributed by atoms with Crippen LogP contribution in [-0.4, -0.2) is 30.6 Å². The maximum absolute atomic E-state index is 6.25. The monoisotopic (exact) mass is 282 g/mol. The molecule has 0 fully saturated rings. The van der Waals surface area contributed by atoms with Crippen LogP contribution in [0.15, 0.2) is 24.3 Å². The first-order valence-electron chi connectivity index (χ1n) is 7.07. The number of halogens is 1. The van der Waals surface area contributed by atoms with Crippen LogP contribution >= 0.6 is 11.6 Å². The molecule has 1 rings (SSSR count). The summed E-state index contributed by atoms with van der Waals surface area (Å²) < 4.78 is 0. The zero-order valence-corrected chi connectivity index (χ0v) is 13.6. The average Bonchev–Trinajstić information content (AvgIpc) is 2.38. The minimum atomic E-state index is 0.217. The minimum Gasteiger partial charge on any atom is -0.311 e. The molecule has 1 aromatic rings. The summed E-state index contributed by atoms with van der Waals surface area (Å²) in [6.07, 6.45) is 1.14. The molecule has 1 unspecified atom stereocenters. The van der Waals surface area contributed by atoms with E-state index in [2.05, 4.69) is 51.0 Å². The van der Waals surface area contributed by atoms with Crippen LogP contribution in [0.4, 0.5) is 0 Å². The normalized spacial score (nSPS) is 13.8. The van der Waals surface area contributed by atoms with Gasteiger partial charge in [-0.25, -0.2) is 0 Å². The Morgan fingerprint density at radius 2 is 1.95 bits per heavy atom. The molecule has 2 nitrogen and oxygen atoms in total. The maximum atomic E-state index is 6.25. The van der Waals surface area contributed by atoms with Gasteiger partial charge in [0.05, 0.1) is 0 Å². The summed E-state index contributed by atoms with van der Waals surface area (Å²) in [6, 6.07) is 8.42. The second-order valence-electron chi connectivity index (χ2n) is 5.84. The molecule has 0 radical (unpaired) electrons. The molecule has 0 amide bonds. The first-order valence-corrected chi connectivity index (χ1v) is 7.45. The van der Waals surface area contributed by atoms with Gasteiger partial charge in [-0.1, -0.05) is 36.7 Å². The smallest absolute Gasteiger partial charge is 0.0453 e. The summed E-state index contributed by atoms with van der Waals surface area (Å²) in [5.41, 5.74) is 1.41. The van der Waals surface area contributed by atoms with Gasteiger partial charge in [-0.15, -0.1) is 0 Å². The van der Waals surface area contributed by atoms with Gasteiger partial charge in [0.15, 0.2) is 0 Å². The first kappa shape index (κ1) is 16.5. The Hall–Kier alpha value is -0.570. The van der Waals surface area contributed by atoms with Gasteiger partial charge in [0.1, 0.15) is 0 Å². The quantitative estimate of drug-likeness (QED) is 0.810. The molecule has 0 saturated carbocycles. The van der Waals surface area contributed by atoms with Crippen LogP contribution in [0.5, 0.6) is 0 Å². The molecule has 0 spiro atoms. The Morgan fingerprint density at radius 3 is 2.53 bits per heavy atom. The molecule has 0 heterocycles. The Bertz CT molecular complexity index is 390. The van der Waals surface area contributed by atoms with Gasteiger partial charge in [0.2, 0.25) is 0 Å². The fourth-order valence-electron chi connectivity index (χ4n) is 1.94. The summed E-state index contributed by atoms with van der Waals surface area (Å²) in [5.74, 6) is 0. The zero-order valence-electron chi connectivity index (χ0n) is 12.8. The molecule has 1 aromatic carbocycles. The Morgan fingerprint density at radius 1 is 1.32 bits per heavy atom. The SMILES string of the molecule is CCC(C)(C)NCCN(C)C(C)c1ccccc1Cl. The summed E-state index contributed by atoms with van der Waals surface area (Å²) >= 11 is 6.25. The van der Waals surface area contributed by atoms with Crippen molar-refractivity contribution in [2.24, 2.45) is 0 Å². The zero-order chi connectivity index (χ0) is 14.5. The van der Waals surface area contributed by atoms with Crippen molar-refractivity contribution < 1.29 is 0 Å². The second-order valence-corrected chi connectivity index (χ2v) is 6.25. The molecule has 0 aliphatic carbocycles. The molecule has 0 aliphatic heterocycles. The van der Waals surface area contributed by atoms with Crippen molar-refractivity contribution in [3.05, 3.63) is 34.9 Å². The predicted octanol–water partition coefficient (Wildman–Crippen LogP) is 4.11. The van der Waals surface area contributed by atoms with Crippen LogP contribution in [-0.2, 0) is 0 Å². The van der Waals surface area contributed by atoms with Crippen molar-refractivity contribution in [2.45, 2.75) is 45.7 Å². The summed E-state index contributed by atoms with van der Waals surface area (Å²) in [4.78, 5) is 2.33. The lowest BCUT2D eigenvalue weighted by Crippen LogP contribution is -2.42. The largest absolute Gasteiger partial charge is 0.311 e. The van der Waals surface area contributed by atoms with Crippen molar-refractivity contribution in [3.8, 4) is 0 Å². The van der Waals surface area contributed by atoms with Crippen LogP contribution in [0.3, 0.4) is 0 Å². The number of nitrogens with zero attached hydrogens (tertiary/aromatic N) is 1. The van der Waals surface area contributed by atoms with Crippen LogP contribution < -0.4 is 5.32 Å². The van der Waals surface area contributed by atoms with E-state index < -0.39 is 0 Å². The third kappa shape index (κ3) is 5.13. The van der Waals surface area contributed by atoms with Crippen molar-refractivity contribution >= 4 is 11.6 Å². The first-order chi connectivity index (χ1) is 8.87. The number of likely N-dealkylation sites (N-methyl/N-ethyl adjacent to an activating group) is 1. The molecule has 19 heavy (non-hydrogen) atoms. The molecule has 108 valence electrons. The standard InChI is InChI=1S/C16H27ClN2/c1-6-16(3,4)18-11-12-19(5)13(2)14-9-7-8-10-15(14)17/h7-10,13,18H,6,11-12H2,1-5H3. The number of rotatable bonds is 7. The van der Waals surface area contributed by atoms with Crippen LogP contribution in [0.25, 0.3) is 0 Å². The van der Waals surface area contributed by atoms with E-state index in [9.17, 15) is 0 Å². The Kier molecular flexibility index (Phi) is 6.31. The fraction of sp³-hybridized carbons (Fsp3) is 0.625. The van der Waals surface area contributed by atoms with E-state index in [4.69, 9.17) is 11.6 Å². The minimum absolute atomic E-state index is 0.217. The van der Waals surface area contributed by atoms with E-state index in [-0.39, 0.29) is 5.54 Å². The number of nitrogens with one attached hydrogen (secondary N) is 1. The lowest BCUT2D eigenvalue weighted by Gasteiger charge is -2.29. The van der Waals surface area contributed by atoms with E-state index in [0.717, 1.165) is 24.5 Å². The Balaban J connectivity index is 2.50. The number of benzene rings is 1. The van der Waals surface area contributed by atoms with Gasteiger partial charge in [0, 0.05) is 29.7 Å². The highest BCUT2D eigenvalue weighted by atomic mass is 35.5. The topological polar surface area (TPSA) is 15.3 Å². The van der Waals surface area contributed by atoms with Gasteiger partial charge in [-0.2, -0.15) is 0 Å². The number of hydrogen-bond acceptors (Lipinski definition) is 2. The van der Waals surface area contributed by atoms with Crippen molar-refractivity contribution in [2.75, 3.05) is 20.1 Å². The van der Waals surface area contributed by atoms with Gasteiger partial charge in [0.25, 0.3) is 0 Å². The fourth-order valence-corrected chi connectivity index (χ4v) is 2.23. The van der Waals surface area contributed by atoms with Gasteiger partial charge in [-0.05, 0) is 45.9 Å². The maximum Gasteiger partial charge on any atom is 0.0453 e. The van der Waals surface area contributed by atoms with Crippen LogP contribution in [0, 0.1) is 0 Å². The average molecular weight is 283 g/mol. The summed E-state index contributed by atoms with van der Waals surface area (Å²) in [5, 5.41) is 4.44. The molecule has 1 N–H and O–H groups in total. The van der Waals surface area contributed by atoms with Crippen molar-refractivity contribution in [3.63, 3.8) is 0 Å². The van der Waals surface area contributed by atoms with Crippen LogP contribution in [0.1, 0.15) is 45.7 Å². The molecule has 0 bridgehead atoms. The lowest BCUT2D eigenvalue weighted by molar-refractivity contribution is 0.246. The lowest BCUT2D eigenvalue weighted by atomic mass is 10.0. The van der Waals surface area contributed by atoms with Crippen molar-refractivity contribution in [1.82, 2.24) is 10.2 Å². The Labute approximate surface area is 123 Å². The summed E-state index contributed by atoms with van der Waals surface area (Å²) in [6.45, 7) is 10.9. The highest BCUT2D eigenvalue weighted by Gasteiger charge is 2.16. The highest BCUT2D eigenvalue weighted by molar-refractivity contribution is 6.31. The van der Waals surface area contributed by atoms with Gasteiger partial charge in [-0.3, -0.25) is 4.90 Å². The molecule has 0 aromatic heterocycles. The predicted molar refractivity (Wildman–Crippen MR) is 84.9 cm³/mol. The van der Waals surface area contributed by atoms with Crippen LogP contribution in [0.2, 0.25) is 5.02 Å². The number of hydrogen-bond donors (Lipinski definition) is 1. The summed E-state index contributed by atoms with van der Waals surface area (Å²) in [7, 11) is 2.15. The van der Waals surface area contributed by atoms with E-state index >= 15 is 0 Å². The molecular formula is C16H27ClN2. The van der Waals surface area contributed by atoms with E-state index in [0.29, 0.717) is 6.04 Å².